The zero-order chi connectivity index (χ0) is 21.8. The molecule has 0 saturated carbocycles. The molecule has 7 heteroatoms. The maximum Gasteiger partial charge on any atom is 0.224 e. The number of aryl methyl sites for hydroxylation is 2. The van der Waals surface area contributed by atoms with Crippen molar-refractivity contribution in [1.29, 1.82) is 0 Å². The second-order valence-electron chi connectivity index (χ2n) is 9.13. The van der Waals surface area contributed by atoms with E-state index in [0.29, 0.717) is 0 Å². The molecule has 170 valence electrons. The summed E-state index contributed by atoms with van der Waals surface area (Å²) in [5, 5.41) is 4.27. The lowest BCUT2D eigenvalue weighted by atomic mass is 9.97. The van der Waals surface area contributed by atoms with Crippen molar-refractivity contribution < 1.29 is 4.79 Å². The summed E-state index contributed by atoms with van der Waals surface area (Å²) in [6, 6.07) is 4.42. The summed E-state index contributed by atoms with van der Waals surface area (Å²) >= 11 is 1.76. The van der Waals surface area contributed by atoms with Crippen LogP contribution < -0.4 is 10.2 Å². The smallest absolute Gasteiger partial charge is 0.224 e. The number of fused-ring (bicyclic) bond motifs is 1. The van der Waals surface area contributed by atoms with Crippen molar-refractivity contribution in [1.82, 2.24) is 20.1 Å². The lowest BCUT2D eigenvalue weighted by Gasteiger charge is -2.34. The Hall–Kier alpha value is -1.70. The molecule has 2 aromatic rings. The highest BCUT2D eigenvalue weighted by Crippen LogP contribution is 2.33. The predicted molar refractivity (Wildman–Crippen MR) is 130 cm³/mol. The summed E-state index contributed by atoms with van der Waals surface area (Å²) in [6.07, 6.45) is 3.06. The van der Waals surface area contributed by atoms with Crippen molar-refractivity contribution in [3.05, 3.63) is 23.3 Å². The molecule has 4 rings (SSSR count). The minimum Gasteiger partial charge on any atom is -0.356 e. The van der Waals surface area contributed by atoms with Gasteiger partial charge in [0.15, 0.2) is 5.13 Å². The summed E-state index contributed by atoms with van der Waals surface area (Å²) in [5.41, 5.74) is 3.63. The zero-order valence-corrected chi connectivity index (χ0v) is 20.1. The standard InChI is InChI=1S/C24H37N5OS/c1-4-27-11-13-28(14-12-27)9-6-8-25-23(30)20-7-5-10-29(17-20)24-26-22-19(3)15-18(2)16-21(22)31-24/h15-16,20H,4-14,17H2,1-3H3,(H,25,30)/t20-/m1/s1. The number of anilines is 1. The first kappa shape index (κ1) is 22.5. The van der Waals surface area contributed by atoms with E-state index in [2.05, 4.69) is 52.9 Å². The molecule has 2 aliphatic rings. The average Bonchev–Trinajstić information content (AvgIpc) is 3.21. The Morgan fingerprint density at radius 1 is 1.16 bits per heavy atom. The van der Waals surface area contributed by atoms with Gasteiger partial charge in [-0.3, -0.25) is 4.79 Å². The number of likely N-dealkylation sites (N-methyl/N-ethyl adjacent to an activating group) is 1. The van der Waals surface area contributed by atoms with Gasteiger partial charge < -0.3 is 20.0 Å². The Morgan fingerprint density at radius 3 is 2.71 bits per heavy atom. The van der Waals surface area contributed by atoms with Crippen LogP contribution in [0.4, 0.5) is 5.13 Å². The number of carbonyl (C=O) groups is 1. The molecule has 1 aromatic heterocycles. The highest BCUT2D eigenvalue weighted by Gasteiger charge is 2.27. The number of amides is 1. The number of carbonyl (C=O) groups excluding carboxylic acids is 1. The van der Waals surface area contributed by atoms with E-state index in [1.807, 2.05) is 0 Å². The van der Waals surface area contributed by atoms with E-state index in [1.165, 1.54) is 28.9 Å². The second-order valence-corrected chi connectivity index (χ2v) is 10.1. The molecule has 0 radical (unpaired) electrons. The summed E-state index contributed by atoms with van der Waals surface area (Å²) in [5.74, 6) is 0.283. The first-order valence-electron chi connectivity index (χ1n) is 11.9. The Balaban J connectivity index is 1.25. The van der Waals surface area contributed by atoms with Gasteiger partial charge in [-0.15, -0.1) is 0 Å². The molecular formula is C24H37N5OS. The number of benzene rings is 1. The largest absolute Gasteiger partial charge is 0.356 e. The van der Waals surface area contributed by atoms with E-state index in [4.69, 9.17) is 4.98 Å². The first-order valence-corrected chi connectivity index (χ1v) is 12.7. The normalized spacial score (nSPS) is 21.0. The molecule has 6 nitrogen and oxygen atoms in total. The van der Waals surface area contributed by atoms with Crippen LogP contribution in [0.15, 0.2) is 12.1 Å². The lowest BCUT2D eigenvalue weighted by molar-refractivity contribution is -0.125. The third kappa shape index (κ3) is 5.57. The van der Waals surface area contributed by atoms with Crippen LogP contribution in [0.25, 0.3) is 10.2 Å². The molecule has 31 heavy (non-hydrogen) atoms. The predicted octanol–water partition coefficient (Wildman–Crippen LogP) is 3.27. The van der Waals surface area contributed by atoms with Crippen LogP contribution in [0.3, 0.4) is 0 Å². The molecule has 0 bridgehead atoms. The third-order valence-electron chi connectivity index (χ3n) is 6.74. The topological polar surface area (TPSA) is 51.7 Å². The number of nitrogens with one attached hydrogen (secondary N) is 1. The van der Waals surface area contributed by atoms with Crippen molar-refractivity contribution in [3.8, 4) is 0 Å². The van der Waals surface area contributed by atoms with Crippen molar-refractivity contribution in [2.45, 2.75) is 40.0 Å². The second kappa shape index (κ2) is 10.3. The number of thiazole rings is 1. The van der Waals surface area contributed by atoms with Gasteiger partial charge in [-0.1, -0.05) is 24.3 Å². The summed E-state index contributed by atoms with van der Waals surface area (Å²) < 4.78 is 1.25. The Labute approximate surface area is 190 Å². The van der Waals surface area contributed by atoms with Crippen LogP contribution >= 0.6 is 11.3 Å². The number of piperidine rings is 1. The van der Waals surface area contributed by atoms with Crippen LogP contribution in [0.5, 0.6) is 0 Å². The van der Waals surface area contributed by atoms with Gasteiger partial charge in [-0.2, -0.15) is 0 Å². The van der Waals surface area contributed by atoms with E-state index in [1.54, 1.807) is 11.3 Å². The minimum absolute atomic E-state index is 0.0664. The van der Waals surface area contributed by atoms with Gasteiger partial charge in [-0.05, 0) is 63.4 Å². The van der Waals surface area contributed by atoms with Gasteiger partial charge in [0.1, 0.15) is 0 Å². The molecule has 1 aromatic carbocycles. The number of piperazine rings is 1. The van der Waals surface area contributed by atoms with Crippen LogP contribution in [-0.2, 0) is 4.79 Å². The van der Waals surface area contributed by atoms with Crippen LogP contribution in [0, 0.1) is 19.8 Å². The SMILES string of the molecule is CCN1CCN(CCCNC(=O)[C@@H]2CCCN(c3nc4c(C)cc(C)cc4s3)C2)CC1. The molecule has 2 aliphatic heterocycles. The highest BCUT2D eigenvalue weighted by molar-refractivity contribution is 7.22. The molecule has 1 amide bonds. The van der Waals surface area contributed by atoms with Gasteiger partial charge in [0, 0.05) is 45.8 Å². The molecule has 0 aliphatic carbocycles. The molecule has 1 atom stereocenters. The van der Waals surface area contributed by atoms with E-state index >= 15 is 0 Å². The van der Waals surface area contributed by atoms with Crippen molar-refractivity contribution in [2.75, 3.05) is 63.8 Å². The quantitative estimate of drug-likeness (QED) is 0.666. The summed E-state index contributed by atoms with van der Waals surface area (Å²) in [7, 11) is 0. The molecule has 0 spiro atoms. The van der Waals surface area contributed by atoms with E-state index in [9.17, 15) is 4.79 Å². The van der Waals surface area contributed by atoms with Crippen molar-refractivity contribution in [3.63, 3.8) is 0 Å². The number of nitrogens with zero attached hydrogens (tertiary/aromatic N) is 4. The highest BCUT2D eigenvalue weighted by atomic mass is 32.1. The molecular weight excluding hydrogens is 406 g/mol. The number of hydrogen-bond donors (Lipinski definition) is 1. The Kier molecular flexibility index (Phi) is 7.46. The molecule has 3 heterocycles. The molecule has 2 fully saturated rings. The van der Waals surface area contributed by atoms with E-state index < -0.39 is 0 Å². The maximum absolute atomic E-state index is 12.8. The molecule has 1 N–H and O–H groups in total. The zero-order valence-electron chi connectivity index (χ0n) is 19.3. The summed E-state index contributed by atoms with van der Waals surface area (Å²) in [4.78, 5) is 25.1. The third-order valence-corrected chi connectivity index (χ3v) is 7.81. The van der Waals surface area contributed by atoms with Crippen molar-refractivity contribution >= 4 is 32.6 Å². The van der Waals surface area contributed by atoms with E-state index in [0.717, 1.165) is 75.7 Å². The fourth-order valence-electron chi connectivity index (χ4n) is 4.85. The van der Waals surface area contributed by atoms with E-state index in [-0.39, 0.29) is 11.8 Å². The van der Waals surface area contributed by atoms with Gasteiger partial charge in [0.25, 0.3) is 0 Å². The van der Waals surface area contributed by atoms with Crippen molar-refractivity contribution in [2.24, 2.45) is 5.92 Å². The Bertz CT molecular complexity index is 889. The van der Waals surface area contributed by atoms with Crippen LogP contribution in [-0.4, -0.2) is 79.6 Å². The maximum atomic E-state index is 12.8. The monoisotopic (exact) mass is 443 g/mol. The Morgan fingerprint density at radius 2 is 1.94 bits per heavy atom. The average molecular weight is 444 g/mol. The summed E-state index contributed by atoms with van der Waals surface area (Å²) in [6.45, 7) is 15.9. The molecule has 0 unspecified atom stereocenters. The number of hydrogen-bond acceptors (Lipinski definition) is 6. The fraction of sp³-hybridized carbons (Fsp3) is 0.667. The molecule has 2 saturated heterocycles. The first-order chi connectivity index (χ1) is 15.0. The van der Waals surface area contributed by atoms with Gasteiger partial charge in [0.05, 0.1) is 16.1 Å². The fourth-order valence-corrected chi connectivity index (χ4v) is 6.02. The minimum atomic E-state index is 0.0664. The van der Waals surface area contributed by atoms with Gasteiger partial charge in [-0.25, -0.2) is 4.98 Å². The van der Waals surface area contributed by atoms with Crippen LogP contribution in [0.2, 0.25) is 0 Å². The van der Waals surface area contributed by atoms with Gasteiger partial charge >= 0.3 is 0 Å². The van der Waals surface area contributed by atoms with Crippen LogP contribution in [0.1, 0.15) is 37.3 Å². The number of rotatable bonds is 7. The lowest BCUT2D eigenvalue weighted by Crippen LogP contribution is -2.47. The van der Waals surface area contributed by atoms with Gasteiger partial charge in [0.2, 0.25) is 5.91 Å². The number of aromatic nitrogens is 1.